The molecule has 0 saturated carbocycles. The minimum atomic E-state index is -0.167. The van der Waals surface area contributed by atoms with Gasteiger partial charge in [-0.1, -0.05) is 128 Å². The van der Waals surface area contributed by atoms with E-state index in [4.69, 9.17) is 0 Å². The van der Waals surface area contributed by atoms with E-state index < -0.39 is 0 Å². The van der Waals surface area contributed by atoms with E-state index in [0.29, 0.717) is 6.04 Å². The molecule has 0 atom stereocenters. The summed E-state index contributed by atoms with van der Waals surface area (Å²) in [7, 11) is 0. The lowest BCUT2D eigenvalue weighted by Gasteiger charge is -2.43. The van der Waals surface area contributed by atoms with Crippen molar-refractivity contribution in [3.63, 3.8) is 0 Å². The number of rotatable bonds is 6. The quantitative estimate of drug-likeness (QED) is 0.360. The van der Waals surface area contributed by atoms with Gasteiger partial charge in [-0.25, -0.2) is 0 Å². The van der Waals surface area contributed by atoms with Crippen LogP contribution in [0.2, 0.25) is 0 Å². The molecule has 0 amide bonds. The molecule has 2 aliphatic heterocycles. The van der Waals surface area contributed by atoms with Crippen molar-refractivity contribution < 1.29 is 5.11 Å². The molecule has 4 aromatic rings. The second kappa shape index (κ2) is 11.7. The van der Waals surface area contributed by atoms with Crippen molar-refractivity contribution in [3.8, 4) is 0 Å². The van der Waals surface area contributed by atoms with Crippen molar-refractivity contribution in [1.82, 2.24) is 9.80 Å². The minimum absolute atomic E-state index is 0.167. The van der Waals surface area contributed by atoms with E-state index in [1.165, 1.54) is 35.3 Å². The number of likely N-dealkylation sites (tertiary alicyclic amines) is 2. The number of benzene rings is 4. The van der Waals surface area contributed by atoms with Crippen molar-refractivity contribution >= 4 is 0 Å². The Balaban J connectivity index is 0.000000148. The normalized spacial score (nSPS) is 16.8. The van der Waals surface area contributed by atoms with E-state index in [9.17, 15) is 5.11 Å². The number of aliphatic hydroxyl groups is 1. The fourth-order valence-electron chi connectivity index (χ4n) is 5.43. The Kier molecular flexibility index (Phi) is 7.92. The molecule has 2 aliphatic rings. The second-order valence-electron chi connectivity index (χ2n) is 10.1. The number of nitrogens with zero attached hydrogens (tertiary/aromatic N) is 2. The van der Waals surface area contributed by atoms with Gasteiger partial charge in [0.1, 0.15) is 0 Å². The van der Waals surface area contributed by atoms with Crippen LogP contribution >= 0.6 is 0 Å². The van der Waals surface area contributed by atoms with Crippen LogP contribution in [0.4, 0.5) is 0 Å². The summed E-state index contributed by atoms with van der Waals surface area (Å²) < 4.78 is 0. The zero-order valence-electron chi connectivity index (χ0n) is 21.0. The van der Waals surface area contributed by atoms with Gasteiger partial charge in [-0.2, -0.15) is 0 Å². The van der Waals surface area contributed by atoms with Gasteiger partial charge in [-0.15, -0.1) is 0 Å². The topological polar surface area (TPSA) is 26.7 Å². The third kappa shape index (κ3) is 5.76. The molecule has 0 aliphatic carbocycles. The maximum atomic E-state index is 9.52. The SMILES string of the molecule is CC1CN(C(c2ccccc2)c2ccccc2)C1.OC1CN(C(c2ccccc2)c2ccccc2)C1. The van der Waals surface area contributed by atoms with Gasteiger partial charge >= 0.3 is 0 Å². The van der Waals surface area contributed by atoms with Crippen LogP contribution in [0.15, 0.2) is 121 Å². The summed E-state index contributed by atoms with van der Waals surface area (Å²) in [4.78, 5) is 4.88. The molecule has 2 heterocycles. The lowest BCUT2D eigenvalue weighted by atomic mass is 9.91. The molecule has 4 aromatic carbocycles. The molecule has 0 spiro atoms. The van der Waals surface area contributed by atoms with Crippen LogP contribution in [0.1, 0.15) is 41.3 Å². The van der Waals surface area contributed by atoms with Crippen LogP contribution in [0.3, 0.4) is 0 Å². The fourth-order valence-corrected chi connectivity index (χ4v) is 5.43. The molecule has 2 saturated heterocycles. The van der Waals surface area contributed by atoms with Crippen LogP contribution in [0.25, 0.3) is 0 Å². The van der Waals surface area contributed by atoms with E-state index in [1.54, 1.807) is 0 Å². The average molecular weight is 477 g/mol. The average Bonchev–Trinajstić information content (AvgIpc) is 2.90. The van der Waals surface area contributed by atoms with Gasteiger partial charge in [0.05, 0.1) is 18.2 Å². The van der Waals surface area contributed by atoms with Gasteiger partial charge in [-0.05, 0) is 28.2 Å². The second-order valence-corrected chi connectivity index (χ2v) is 10.1. The summed E-state index contributed by atoms with van der Waals surface area (Å²) in [6.45, 7) is 6.25. The lowest BCUT2D eigenvalue weighted by molar-refractivity contribution is -0.0160. The summed E-state index contributed by atoms with van der Waals surface area (Å²) in [5, 5.41) is 9.52. The van der Waals surface area contributed by atoms with E-state index in [0.717, 1.165) is 19.0 Å². The Morgan fingerprint density at radius 1 is 0.500 bits per heavy atom. The van der Waals surface area contributed by atoms with Crippen LogP contribution in [0.5, 0.6) is 0 Å². The molecule has 1 N–H and O–H groups in total. The molecule has 6 rings (SSSR count). The minimum Gasteiger partial charge on any atom is -0.390 e. The van der Waals surface area contributed by atoms with Crippen LogP contribution < -0.4 is 0 Å². The first kappa shape index (κ1) is 24.5. The molecule has 184 valence electrons. The van der Waals surface area contributed by atoms with Crippen molar-refractivity contribution in [2.45, 2.75) is 25.1 Å². The van der Waals surface area contributed by atoms with Crippen molar-refractivity contribution in [1.29, 1.82) is 0 Å². The Labute approximate surface area is 215 Å². The maximum Gasteiger partial charge on any atom is 0.0794 e. The van der Waals surface area contributed by atoms with Gasteiger partial charge in [0.15, 0.2) is 0 Å². The highest BCUT2D eigenvalue weighted by molar-refractivity contribution is 5.33. The van der Waals surface area contributed by atoms with Crippen LogP contribution in [-0.4, -0.2) is 47.2 Å². The van der Waals surface area contributed by atoms with Crippen molar-refractivity contribution in [3.05, 3.63) is 144 Å². The molecule has 2 fully saturated rings. The lowest BCUT2D eigenvalue weighted by Crippen LogP contribution is -2.52. The molecule has 0 bridgehead atoms. The summed E-state index contributed by atoms with van der Waals surface area (Å²) in [6.07, 6.45) is -0.167. The third-order valence-corrected chi connectivity index (χ3v) is 7.17. The predicted molar refractivity (Wildman–Crippen MR) is 148 cm³/mol. The van der Waals surface area contributed by atoms with Crippen molar-refractivity contribution in [2.24, 2.45) is 5.92 Å². The van der Waals surface area contributed by atoms with Crippen LogP contribution in [-0.2, 0) is 0 Å². The first-order valence-corrected chi connectivity index (χ1v) is 13.0. The van der Waals surface area contributed by atoms with Crippen molar-refractivity contribution in [2.75, 3.05) is 26.2 Å². The fraction of sp³-hybridized carbons (Fsp3) is 0.273. The molecular weight excluding hydrogens is 440 g/mol. The molecule has 36 heavy (non-hydrogen) atoms. The molecular formula is C33H36N2O. The smallest absolute Gasteiger partial charge is 0.0794 e. The zero-order valence-corrected chi connectivity index (χ0v) is 21.0. The zero-order chi connectivity index (χ0) is 24.7. The van der Waals surface area contributed by atoms with E-state index in [-0.39, 0.29) is 12.1 Å². The monoisotopic (exact) mass is 476 g/mol. The van der Waals surface area contributed by atoms with E-state index in [2.05, 4.69) is 126 Å². The number of hydrogen-bond donors (Lipinski definition) is 1. The van der Waals surface area contributed by atoms with Gasteiger partial charge in [-0.3, -0.25) is 9.80 Å². The maximum absolute atomic E-state index is 9.52. The number of hydrogen-bond acceptors (Lipinski definition) is 3. The summed E-state index contributed by atoms with van der Waals surface area (Å²) in [5.74, 6) is 0.833. The Morgan fingerprint density at radius 3 is 1.03 bits per heavy atom. The van der Waals surface area contributed by atoms with Crippen LogP contribution in [0, 0.1) is 5.92 Å². The largest absolute Gasteiger partial charge is 0.390 e. The first-order chi connectivity index (χ1) is 17.7. The van der Waals surface area contributed by atoms with Gasteiger partial charge < -0.3 is 5.11 Å². The Bertz CT molecular complexity index is 996. The molecule has 0 radical (unpaired) electrons. The summed E-state index contributed by atoms with van der Waals surface area (Å²) in [5.41, 5.74) is 5.37. The van der Waals surface area contributed by atoms with Gasteiger partial charge in [0, 0.05) is 26.2 Å². The Morgan fingerprint density at radius 2 is 0.778 bits per heavy atom. The summed E-state index contributed by atoms with van der Waals surface area (Å²) >= 11 is 0. The molecule has 3 heteroatoms. The number of β-amino-alcohol motifs (C(OH)–C–C–N with tert-alkyl or cyclic N) is 1. The third-order valence-electron chi connectivity index (χ3n) is 7.17. The van der Waals surface area contributed by atoms with E-state index >= 15 is 0 Å². The van der Waals surface area contributed by atoms with Gasteiger partial charge in [0.2, 0.25) is 0 Å². The highest BCUT2D eigenvalue weighted by atomic mass is 16.3. The van der Waals surface area contributed by atoms with Gasteiger partial charge in [0.25, 0.3) is 0 Å². The van der Waals surface area contributed by atoms with E-state index in [1.807, 2.05) is 12.1 Å². The number of aliphatic hydroxyl groups excluding tert-OH is 1. The standard InChI is InChI=1S/C17H19N.C16H17NO/c1-14-12-18(13-14)17(15-8-4-2-5-9-15)16-10-6-3-7-11-16;18-15-11-17(12-15)16(13-7-3-1-4-8-13)14-9-5-2-6-10-14/h2-11,14,17H,12-13H2,1H3;1-10,15-16,18H,11-12H2. The highest BCUT2D eigenvalue weighted by Crippen LogP contribution is 2.34. The molecule has 0 aromatic heterocycles. The molecule has 3 nitrogen and oxygen atoms in total. The highest BCUT2D eigenvalue weighted by Gasteiger charge is 2.33. The first-order valence-electron chi connectivity index (χ1n) is 13.0. The molecule has 0 unspecified atom stereocenters. The predicted octanol–water partition coefficient (Wildman–Crippen LogP) is 6.18. The Hall–Kier alpha value is -3.24. The summed E-state index contributed by atoms with van der Waals surface area (Å²) in [6, 6.07) is 43.3.